The normalized spacial score (nSPS) is 17.1. The molecule has 0 radical (unpaired) electrons. The molecule has 1 unspecified atom stereocenters. The number of fused-ring (bicyclic) bond motifs is 1. The minimum atomic E-state index is -4.32. The molecule has 2 aromatic carbocycles. The SMILES string of the molecule is FC(F)(F)c1ccc(OCCCN2Cc3ccccc3CC2c2cncs2)cc1. The number of hydrogen-bond donors (Lipinski definition) is 0. The molecule has 1 aromatic heterocycles. The Kier molecular flexibility index (Phi) is 5.87. The van der Waals surface area contributed by atoms with Crippen LogP contribution in [-0.4, -0.2) is 23.0 Å². The minimum absolute atomic E-state index is 0.295. The van der Waals surface area contributed by atoms with E-state index in [0.717, 1.165) is 38.1 Å². The van der Waals surface area contributed by atoms with Crippen molar-refractivity contribution in [1.29, 1.82) is 0 Å². The molecule has 0 saturated heterocycles. The van der Waals surface area contributed by atoms with Crippen molar-refractivity contribution in [3.63, 3.8) is 0 Å². The Hall–Kier alpha value is -2.38. The number of thiazole rings is 1. The first-order valence-electron chi connectivity index (χ1n) is 9.50. The van der Waals surface area contributed by atoms with Crippen LogP contribution >= 0.6 is 11.3 Å². The number of halogens is 3. The summed E-state index contributed by atoms with van der Waals surface area (Å²) in [7, 11) is 0. The van der Waals surface area contributed by atoms with Crippen molar-refractivity contribution in [3.05, 3.63) is 81.8 Å². The molecule has 3 nitrogen and oxygen atoms in total. The number of benzene rings is 2. The van der Waals surface area contributed by atoms with Crippen molar-refractivity contribution in [1.82, 2.24) is 9.88 Å². The van der Waals surface area contributed by atoms with Gasteiger partial charge in [-0.15, -0.1) is 11.3 Å². The summed E-state index contributed by atoms with van der Waals surface area (Å²) in [5, 5.41) is 0. The summed E-state index contributed by atoms with van der Waals surface area (Å²) < 4.78 is 43.6. The highest BCUT2D eigenvalue weighted by molar-refractivity contribution is 7.09. The minimum Gasteiger partial charge on any atom is -0.494 e. The smallest absolute Gasteiger partial charge is 0.416 e. The molecule has 0 spiro atoms. The van der Waals surface area contributed by atoms with Gasteiger partial charge in [-0.05, 0) is 48.2 Å². The van der Waals surface area contributed by atoms with Gasteiger partial charge in [0.2, 0.25) is 0 Å². The zero-order chi connectivity index (χ0) is 20.3. The number of hydrogen-bond acceptors (Lipinski definition) is 4. The van der Waals surface area contributed by atoms with Gasteiger partial charge in [-0.2, -0.15) is 13.2 Å². The van der Waals surface area contributed by atoms with Gasteiger partial charge in [0.05, 0.1) is 23.7 Å². The molecule has 0 saturated carbocycles. The van der Waals surface area contributed by atoms with Crippen LogP contribution in [0.3, 0.4) is 0 Å². The van der Waals surface area contributed by atoms with E-state index in [-0.39, 0.29) is 0 Å². The van der Waals surface area contributed by atoms with Gasteiger partial charge in [-0.3, -0.25) is 9.88 Å². The molecular weight excluding hydrogens is 397 g/mol. The van der Waals surface area contributed by atoms with Gasteiger partial charge in [0, 0.05) is 24.2 Å². The molecule has 4 rings (SSSR count). The summed E-state index contributed by atoms with van der Waals surface area (Å²) in [6.45, 7) is 2.18. The second-order valence-electron chi connectivity index (χ2n) is 7.09. The van der Waals surface area contributed by atoms with Crippen molar-refractivity contribution in [2.24, 2.45) is 0 Å². The monoisotopic (exact) mass is 418 g/mol. The zero-order valence-corrected chi connectivity index (χ0v) is 16.5. The van der Waals surface area contributed by atoms with Crippen molar-refractivity contribution in [2.45, 2.75) is 31.6 Å². The van der Waals surface area contributed by atoms with E-state index in [1.54, 1.807) is 11.3 Å². The number of alkyl halides is 3. The lowest BCUT2D eigenvalue weighted by molar-refractivity contribution is -0.137. The number of rotatable bonds is 6. The fourth-order valence-electron chi connectivity index (χ4n) is 3.68. The Labute approximate surface area is 171 Å². The summed E-state index contributed by atoms with van der Waals surface area (Å²) in [4.78, 5) is 7.92. The molecule has 29 heavy (non-hydrogen) atoms. The molecule has 7 heteroatoms. The summed E-state index contributed by atoms with van der Waals surface area (Å²) >= 11 is 1.67. The van der Waals surface area contributed by atoms with Crippen LogP contribution in [0.4, 0.5) is 13.2 Å². The van der Waals surface area contributed by atoms with Gasteiger partial charge in [-0.25, -0.2) is 0 Å². The molecule has 0 bridgehead atoms. The molecule has 1 aliphatic rings. The molecule has 0 fully saturated rings. The van der Waals surface area contributed by atoms with Gasteiger partial charge in [-0.1, -0.05) is 24.3 Å². The van der Waals surface area contributed by atoms with E-state index >= 15 is 0 Å². The third kappa shape index (κ3) is 4.79. The average Bonchev–Trinajstić information content (AvgIpc) is 3.25. The average molecular weight is 418 g/mol. The number of nitrogens with zero attached hydrogens (tertiary/aromatic N) is 2. The van der Waals surface area contributed by atoms with E-state index in [1.807, 2.05) is 11.7 Å². The van der Waals surface area contributed by atoms with Crippen LogP contribution in [0.2, 0.25) is 0 Å². The van der Waals surface area contributed by atoms with Crippen molar-refractivity contribution >= 4 is 11.3 Å². The van der Waals surface area contributed by atoms with E-state index in [2.05, 4.69) is 34.1 Å². The highest BCUT2D eigenvalue weighted by Gasteiger charge is 2.30. The van der Waals surface area contributed by atoms with Crippen molar-refractivity contribution < 1.29 is 17.9 Å². The van der Waals surface area contributed by atoms with Gasteiger partial charge >= 0.3 is 6.18 Å². The topological polar surface area (TPSA) is 25.4 Å². The van der Waals surface area contributed by atoms with E-state index in [4.69, 9.17) is 4.74 Å². The molecule has 1 atom stereocenters. The summed E-state index contributed by atoms with van der Waals surface area (Å²) in [6.07, 6.45) is -0.639. The van der Waals surface area contributed by atoms with Crippen molar-refractivity contribution in [3.8, 4) is 5.75 Å². The quantitative estimate of drug-likeness (QED) is 0.478. The third-order valence-electron chi connectivity index (χ3n) is 5.17. The lowest BCUT2D eigenvalue weighted by Crippen LogP contribution is -2.35. The standard InChI is InChI=1S/C22H21F3N2OS/c23-22(24,25)18-6-8-19(9-7-18)28-11-3-10-27-14-17-5-2-1-4-16(17)12-20(27)21-13-26-15-29-21/h1-2,4-9,13,15,20H,3,10-12,14H2. The highest BCUT2D eigenvalue weighted by Crippen LogP contribution is 2.35. The van der Waals surface area contributed by atoms with Crippen LogP contribution in [0.15, 0.2) is 60.2 Å². The molecule has 0 aliphatic carbocycles. The van der Waals surface area contributed by atoms with E-state index in [9.17, 15) is 13.2 Å². The summed E-state index contributed by atoms with van der Waals surface area (Å²) in [5.41, 5.74) is 3.92. The first-order valence-corrected chi connectivity index (χ1v) is 10.4. The maximum absolute atomic E-state index is 12.6. The molecular formula is C22H21F3N2OS. The predicted molar refractivity (Wildman–Crippen MR) is 107 cm³/mol. The van der Waals surface area contributed by atoms with Gasteiger partial charge in [0.15, 0.2) is 0 Å². The van der Waals surface area contributed by atoms with E-state index < -0.39 is 11.7 Å². The second kappa shape index (κ2) is 8.55. The maximum Gasteiger partial charge on any atom is 0.416 e. The highest BCUT2D eigenvalue weighted by atomic mass is 32.1. The lowest BCUT2D eigenvalue weighted by atomic mass is 9.93. The number of ether oxygens (including phenoxy) is 1. The van der Waals surface area contributed by atoms with Crippen LogP contribution in [-0.2, 0) is 19.1 Å². The summed E-state index contributed by atoms with van der Waals surface area (Å²) in [5.74, 6) is 0.459. The Balaban J connectivity index is 1.35. The van der Waals surface area contributed by atoms with Crippen LogP contribution in [0.25, 0.3) is 0 Å². The third-order valence-corrected chi connectivity index (χ3v) is 6.04. The van der Waals surface area contributed by atoms with Gasteiger partial charge in [0.1, 0.15) is 5.75 Å². The van der Waals surface area contributed by atoms with Crippen molar-refractivity contribution in [2.75, 3.05) is 13.2 Å². The Bertz CT molecular complexity index is 926. The van der Waals surface area contributed by atoms with Crippen LogP contribution in [0.5, 0.6) is 5.75 Å². The van der Waals surface area contributed by atoms with Gasteiger partial charge < -0.3 is 4.74 Å². The fraction of sp³-hybridized carbons (Fsp3) is 0.318. The predicted octanol–water partition coefficient (Wildman–Crippen LogP) is 5.73. The first-order chi connectivity index (χ1) is 14.0. The Morgan fingerprint density at radius 3 is 2.52 bits per heavy atom. The molecule has 1 aliphatic heterocycles. The Morgan fingerprint density at radius 1 is 1.07 bits per heavy atom. The molecule has 3 aromatic rings. The fourth-order valence-corrected chi connectivity index (χ4v) is 4.44. The molecule has 0 N–H and O–H groups in total. The van der Waals surface area contributed by atoms with Crippen LogP contribution in [0, 0.1) is 0 Å². The molecule has 0 amide bonds. The van der Waals surface area contributed by atoms with Crippen LogP contribution in [0.1, 0.15) is 34.0 Å². The van der Waals surface area contributed by atoms with E-state index in [1.165, 1.54) is 28.1 Å². The second-order valence-corrected chi connectivity index (χ2v) is 8.00. The summed E-state index contributed by atoms with van der Waals surface area (Å²) in [6, 6.07) is 13.7. The maximum atomic E-state index is 12.6. The Morgan fingerprint density at radius 2 is 1.83 bits per heavy atom. The number of aromatic nitrogens is 1. The largest absolute Gasteiger partial charge is 0.494 e. The van der Waals surface area contributed by atoms with E-state index in [0.29, 0.717) is 18.4 Å². The molecule has 2 heterocycles. The first kappa shape index (κ1) is 19.9. The zero-order valence-electron chi connectivity index (χ0n) is 15.7. The van der Waals surface area contributed by atoms with Crippen LogP contribution < -0.4 is 4.74 Å². The molecule has 152 valence electrons. The lowest BCUT2D eigenvalue weighted by Gasteiger charge is -2.36. The van der Waals surface area contributed by atoms with Gasteiger partial charge in [0.25, 0.3) is 0 Å².